The van der Waals surface area contributed by atoms with Gasteiger partial charge in [0.1, 0.15) is 17.2 Å². The van der Waals surface area contributed by atoms with Crippen molar-refractivity contribution in [3.63, 3.8) is 0 Å². The van der Waals surface area contributed by atoms with Crippen molar-refractivity contribution < 1.29 is 43.9 Å². The molecule has 3 saturated carbocycles. The average Bonchev–Trinajstić information content (AvgIpc) is 1.13. The first kappa shape index (κ1) is 82.6. The second kappa shape index (κ2) is 49.5. The number of nitrogens with zero attached hydrogens (tertiary/aromatic N) is 3. The zero-order chi connectivity index (χ0) is 72.0. The summed E-state index contributed by atoms with van der Waals surface area (Å²) in [5.41, 5.74) is 5.56. The molecule has 9 rings (SSSR count). The molecule has 0 atom stereocenters. The molecule has 0 heterocycles. The normalized spacial score (nSPS) is 13.2. The average molecular weight is 1380 g/mol. The van der Waals surface area contributed by atoms with E-state index in [1.165, 1.54) is 103 Å². The SMILES string of the molecule is C1CCCC1.C1CCCCC1.CCCCN(CCCC)c1cc(C(=O)O)cc(NCC)c1Oc1ccccc1.CCCCN(CCCC)c1cc(C(=O)O)cc(NCC)c1Oc1ccccc1.CCCCN(CCCC)c1cc(C(=O)O)cc(NCC2CCCCC2)c1Oc1ccccc1. The molecule has 0 unspecified atom stereocenters. The Hall–Kier alpha value is -8.07. The Balaban J connectivity index is 0.000000250. The summed E-state index contributed by atoms with van der Waals surface area (Å²) in [6.45, 7) is 24.5. The highest BCUT2D eigenvalue weighted by atomic mass is 16.5. The van der Waals surface area contributed by atoms with Gasteiger partial charge in [-0.1, -0.05) is 225 Å². The van der Waals surface area contributed by atoms with Crippen molar-refractivity contribution >= 4 is 52.0 Å². The number of benzene rings is 6. The van der Waals surface area contributed by atoms with Gasteiger partial charge >= 0.3 is 17.9 Å². The fraction of sp³-hybridized carbons (Fsp3) is 0.541. The van der Waals surface area contributed by atoms with Gasteiger partial charge in [0.25, 0.3) is 0 Å². The lowest BCUT2D eigenvalue weighted by Gasteiger charge is -2.29. The van der Waals surface area contributed by atoms with Crippen LogP contribution in [0.3, 0.4) is 0 Å². The van der Waals surface area contributed by atoms with E-state index in [0.717, 1.165) is 169 Å². The Labute approximate surface area is 602 Å². The van der Waals surface area contributed by atoms with Crippen LogP contribution in [0.2, 0.25) is 0 Å². The third-order valence-electron chi connectivity index (χ3n) is 18.3. The summed E-state index contributed by atoms with van der Waals surface area (Å²) in [6, 6.07) is 39.4. The predicted octanol–water partition coefficient (Wildman–Crippen LogP) is 23.9. The molecule has 0 saturated heterocycles. The molecule has 6 aromatic rings. The van der Waals surface area contributed by atoms with Gasteiger partial charge in [0.2, 0.25) is 0 Å². The molecule has 0 amide bonds. The third-order valence-corrected chi connectivity index (χ3v) is 18.3. The quantitative estimate of drug-likeness (QED) is 0.0216. The number of ether oxygens (including phenoxy) is 3. The topological polar surface area (TPSA) is 185 Å². The summed E-state index contributed by atoms with van der Waals surface area (Å²) in [7, 11) is 0. The Morgan fingerprint density at radius 1 is 0.350 bits per heavy atom. The zero-order valence-corrected chi connectivity index (χ0v) is 62.5. The van der Waals surface area contributed by atoms with Crippen LogP contribution in [0.5, 0.6) is 34.5 Å². The summed E-state index contributed by atoms with van der Waals surface area (Å²) >= 11 is 0. The van der Waals surface area contributed by atoms with E-state index in [2.05, 4.69) is 72.2 Å². The van der Waals surface area contributed by atoms with Gasteiger partial charge in [-0.15, -0.1) is 0 Å². The molecule has 15 nitrogen and oxygen atoms in total. The Kier molecular flexibility index (Phi) is 40.9. The third kappa shape index (κ3) is 30.0. The Morgan fingerprint density at radius 3 is 0.820 bits per heavy atom. The molecule has 0 bridgehead atoms. The van der Waals surface area contributed by atoms with E-state index in [4.69, 9.17) is 14.2 Å². The van der Waals surface area contributed by atoms with E-state index >= 15 is 0 Å². The van der Waals surface area contributed by atoms with E-state index in [-0.39, 0.29) is 11.1 Å². The molecule has 6 N–H and O–H groups in total. The summed E-state index contributed by atoms with van der Waals surface area (Å²) in [4.78, 5) is 42.4. The van der Waals surface area contributed by atoms with Crippen LogP contribution in [0, 0.1) is 5.92 Å². The largest absolute Gasteiger partial charge is 0.478 e. The second-order valence-corrected chi connectivity index (χ2v) is 26.7. The lowest BCUT2D eigenvalue weighted by Crippen LogP contribution is -2.27. The molecule has 3 aliphatic rings. The molecule has 550 valence electrons. The van der Waals surface area contributed by atoms with Crippen molar-refractivity contribution in [3.05, 3.63) is 144 Å². The molecular weight excluding hydrogens is 1250 g/mol. The number of carbonyl (C=O) groups is 3. The van der Waals surface area contributed by atoms with E-state index in [0.29, 0.717) is 47.4 Å². The fourth-order valence-electron chi connectivity index (χ4n) is 12.6. The number of anilines is 6. The number of carboxylic acid groups (broad SMARTS) is 3. The van der Waals surface area contributed by atoms with Gasteiger partial charge in [-0.05, 0) is 144 Å². The van der Waals surface area contributed by atoms with Gasteiger partial charge < -0.3 is 60.2 Å². The van der Waals surface area contributed by atoms with Crippen LogP contribution in [-0.4, -0.2) is 92.1 Å². The highest BCUT2D eigenvalue weighted by Crippen LogP contribution is 2.45. The predicted molar refractivity (Wildman–Crippen MR) is 420 cm³/mol. The van der Waals surface area contributed by atoms with Crippen LogP contribution in [0.25, 0.3) is 0 Å². The molecule has 0 spiro atoms. The summed E-state index contributed by atoms with van der Waals surface area (Å²) in [6.07, 6.45) is 35.6. The van der Waals surface area contributed by atoms with Crippen LogP contribution in [-0.2, 0) is 0 Å². The molecule has 15 heteroatoms. The molecule has 0 radical (unpaired) electrons. The minimum absolute atomic E-state index is 0.268. The van der Waals surface area contributed by atoms with Crippen LogP contribution in [0.4, 0.5) is 34.1 Å². The number of rotatable bonds is 37. The molecule has 0 aliphatic heterocycles. The fourth-order valence-corrected chi connectivity index (χ4v) is 12.6. The van der Waals surface area contributed by atoms with Crippen molar-refractivity contribution in [3.8, 4) is 34.5 Å². The van der Waals surface area contributed by atoms with E-state index < -0.39 is 17.9 Å². The van der Waals surface area contributed by atoms with Crippen molar-refractivity contribution in [1.82, 2.24) is 0 Å². The molecule has 3 aliphatic carbocycles. The highest BCUT2D eigenvalue weighted by Gasteiger charge is 2.25. The Morgan fingerprint density at radius 2 is 0.590 bits per heavy atom. The molecule has 100 heavy (non-hydrogen) atoms. The molecule has 3 fully saturated rings. The number of para-hydroxylation sites is 3. The van der Waals surface area contributed by atoms with Crippen LogP contribution >= 0.6 is 0 Å². The number of nitrogens with one attached hydrogen (secondary N) is 3. The highest BCUT2D eigenvalue weighted by molar-refractivity contribution is 5.94. The lowest BCUT2D eigenvalue weighted by atomic mass is 9.89. The minimum atomic E-state index is -0.933. The standard InChI is InChI=1S/C28H40N2O3.2C23H32N2O3.C6H12.C5H10/c1-3-5-17-30(18-6-4-2)26-20-23(28(31)32)19-25(29-21-22-13-9-7-10-14-22)27(26)33-24-15-11-8-12-16-24;2*1-4-7-14-25(15-8-5-2)21-17-18(23(26)27)16-20(24-6-3)22(21)28-19-12-10-9-11-13-19;1-2-4-6-5-3-1;1-2-4-5-3-1/h8,11-12,15-16,19-20,22,29H,3-7,9-10,13-14,17-18,21H2,1-2H3,(H,31,32);2*9-13,16-17,24H,4-8,14-15H2,1-3H3,(H,26,27);1-6H2;1-5H2. The monoisotopic (exact) mass is 1370 g/mol. The van der Waals surface area contributed by atoms with Crippen molar-refractivity contribution in [2.45, 2.75) is 235 Å². The second-order valence-electron chi connectivity index (χ2n) is 26.7. The van der Waals surface area contributed by atoms with Crippen molar-refractivity contribution in [2.24, 2.45) is 5.92 Å². The maximum absolute atomic E-state index is 12.0. The number of hydrogen-bond donors (Lipinski definition) is 6. The first-order valence-electron chi connectivity index (χ1n) is 38.7. The summed E-state index contributed by atoms with van der Waals surface area (Å²) in [5.74, 6) is 2.17. The van der Waals surface area contributed by atoms with Gasteiger partial charge in [-0.3, -0.25) is 0 Å². The van der Waals surface area contributed by atoms with Crippen LogP contribution < -0.4 is 44.9 Å². The maximum atomic E-state index is 12.0. The van der Waals surface area contributed by atoms with E-state index in [9.17, 15) is 29.7 Å². The van der Waals surface area contributed by atoms with Gasteiger partial charge in [-0.2, -0.15) is 0 Å². The van der Waals surface area contributed by atoms with Crippen molar-refractivity contribution in [2.75, 3.05) is 89.6 Å². The van der Waals surface area contributed by atoms with E-state index in [1.807, 2.05) is 105 Å². The van der Waals surface area contributed by atoms with E-state index in [1.54, 1.807) is 36.4 Å². The molecule has 6 aromatic carbocycles. The van der Waals surface area contributed by atoms with Gasteiger partial charge in [0.05, 0.1) is 50.8 Å². The smallest absolute Gasteiger partial charge is 0.335 e. The van der Waals surface area contributed by atoms with Gasteiger partial charge in [-0.25, -0.2) is 14.4 Å². The van der Waals surface area contributed by atoms with Crippen LogP contribution in [0.1, 0.15) is 266 Å². The number of hydrogen-bond acceptors (Lipinski definition) is 12. The lowest BCUT2D eigenvalue weighted by molar-refractivity contribution is 0.0686. The summed E-state index contributed by atoms with van der Waals surface area (Å²) < 4.78 is 19.0. The molecular formula is C85H126N6O9. The zero-order valence-electron chi connectivity index (χ0n) is 62.5. The van der Waals surface area contributed by atoms with Crippen molar-refractivity contribution in [1.29, 1.82) is 0 Å². The molecule has 0 aromatic heterocycles. The number of carboxylic acids is 3. The summed E-state index contributed by atoms with van der Waals surface area (Å²) in [5, 5.41) is 39.3. The number of aromatic carboxylic acids is 3. The first-order chi connectivity index (χ1) is 48.8. The Bertz CT molecular complexity index is 3020. The first-order valence-corrected chi connectivity index (χ1v) is 38.7. The van der Waals surface area contributed by atoms with Gasteiger partial charge in [0, 0.05) is 58.9 Å². The number of unbranched alkanes of at least 4 members (excludes halogenated alkanes) is 6. The van der Waals surface area contributed by atoms with Gasteiger partial charge in [0.15, 0.2) is 17.2 Å². The maximum Gasteiger partial charge on any atom is 0.335 e. The van der Waals surface area contributed by atoms with Crippen LogP contribution in [0.15, 0.2) is 127 Å². The minimum Gasteiger partial charge on any atom is -0.478 e.